The van der Waals surface area contributed by atoms with E-state index in [-0.39, 0.29) is 23.6 Å². The second-order valence-corrected chi connectivity index (χ2v) is 6.73. The average molecular weight is 418 g/mol. The number of rotatable bonds is 6. The minimum atomic E-state index is -0.574. The molecule has 2 heterocycles. The number of esters is 1. The van der Waals surface area contributed by atoms with Gasteiger partial charge >= 0.3 is 5.97 Å². The summed E-state index contributed by atoms with van der Waals surface area (Å²) in [6.07, 6.45) is 1.41. The lowest BCUT2D eigenvalue weighted by atomic mass is 10.1. The fourth-order valence-electron chi connectivity index (χ4n) is 3.37. The van der Waals surface area contributed by atoms with Gasteiger partial charge in [-0.3, -0.25) is 9.20 Å². The van der Waals surface area contributed by atoms with E-state index in [1.165, 1.54) is 30.0 Å². The van der Waals surface area contributed by atoms with Gasteiger partial charge in [0.2, 0.25) is 5.78 Å². The van der Waals surface area contributed by atoms with Crippen molar-refractivity contribution in [2.45, 2.75) is 6.92 Å². The second kappa shape index (κ2) is 8.39. The molecule has 156 valence electrons. The Morgan fingerprint density at radius 3 is 2.61 bits per heavy atom. The first-order chi connectivity index (χ1) is 15.0. The van der Waals surface area contributed by atoms with Gasteiger partial charge in [-0.2, -0.15) is 0 Å². The number of halogens is 1. The molecule has 0 saturated carbocycles. The molecule has 2 aromatic heterocycles. The Morgan fingerprint density at radius 1 is 1.06 bits per heavy atom. The average Bonchev–Trinajstić information content (AvgIpc) is 3.18. The van der Waals surface area contributed by atoms with E-state index in [0.29, 0.717) is 28.1 Å². The molecule has 0 radical (unpaired) electrons. The van der Waals surface area contributed by atoms with Gasteiger partial charge in [-0.15, -0.1) is 0 Å². The molecule has 0 aliphatic heterocycles. The Balaban J connectivity index is 1.89. The molecule has 7 heteroatoms. The molecule has 0 atom stereocenters. The summed E-state index contributed by atoms with van der Waals surface area (Å²) in [6, 6.07) is 16.0. The van der Waals surface area contributed by atoms with E-state index in [2.05, 4.69) is 4.98 Å². The SMILES string of the molecule is CCOC(=O)c1cc(C(=O)c2cccc(OC)c2)n2cnc(-c3ccccc3F)cc12. The zero-order chi connectivity index (χ0) is 22.0. The molecule has 0 aliphatic carbocycles. The van der Waals surface area contributed by atoms with Crippen LogP contribution in [0.25, 0.3) is 16.8 Å². The van der Waals surface area contributed by atoms with Crippen LogP contribution in [0.1, 0.15) is 33.3 Å². The molecular formula is C24H19FN2O4. The molecule has 4 rings (SSSR count). The topological polar surface area (TPSA) is 69.9 Å². The number of ketones is 1. The molecule has 2 aromatic carbocycles. The fourth-order valence-corrected chi connectivity index (χ4v) is 3.37. The zero-order valence-corrected chi connectivity index (χ0v) is 17.0. The lowest BCUT2D eigenvalue weighted by Crippen LogP contribution is -2.06. The van der Waals surface area contributed by atoms with Crippen LogP contribution in [0.15, 0.2) is 67.0 Å². The van der Waals surface area contributed by atoms with Crippen LogP contribution in [0.2, 0.25) is 0 Å². The summed E-state index contributed by atoms with van der Waals surface area (Å²) in [5, 5.41) is 0. The monoisotopic (exact) mass is 418 g/mol. The van der Waals surface area contributed by atoms with Crippen LogP contribution < -0.4 is 4.74 Å². The lowest BCUT2D eigenvalue weighted by Gasteiger charge is -2.07. The van der Waals surface area contributed by atoms with Gasteiger partial charge in [0.15, 0.2) is 0 Å². The minimum absolute atomic E-state index is 0.181. The number of carbonyl (C=O) groups is 2. The summed E-state index contributed by atoms with van der Waals surface area (Å²) in [4.78, 5) is 30.1. The van der Waals surface area contributed by atoms with Crippen molar-refractivity contribution in [3.63, 3.8) is 0 Å². The van der Waals surface area contributed by atoms with Gasteiger partial charge in [-0.25, -0.2) is 14.2 Å². The maximum absolute atomic E-state index is 14.3. The number of methoxy groups -OCH3 is 1. The summed E-state index contributed by atoms with van der Waals surface area (Å²) in [7, 11) is 1.52. The standard InChI is InChI=1S/C24H19FN2O4/c1-3-31-24(29)18-12-22(23(28)15-7-6-8-16(11-15)30-2)27-14-26-20(13-21(18)27)17-9-4-5-10-19(17)25/h4-14H,3H2,1-2H3. The largest absolute Gasteiger partial charge is 0.497 e. The van der Waals surface area contributed by atoms with Crippen LogP contribution in [-0.4, -0.2) is 34.9 Å². The number of ether oxygens (including phenoxy) is 2. The number of aromatic nitrogens is 2. The molecule has 6 nitrogen and oxygen atoms in total. The highest BCUT2D eigenvalue weighted by Gasteiger charge is 2.23. The Labute approximate surface area is 177 Å². The van der Waals surface area contributed by atoms with E-state index in [1.54, 1.807) is 55.5 Å². The first kappa shape index (κ1) is 20.3. The molecule has 0 N–H and O–H groups in total. The predicted octanol–water partition coefficient (Wildman–Crippen LogP) is 4.56. The number of hydrogen-bond donors (Lipinski definition) is 0. The van der Waals surface area contributed by atoms with Crippen LogP contribution in [0.3, 0.4) is 0 Å². The van der Waals surface area contributed by atoms with Crippen molar-refractivity contribution >= 4 is 17.3 Å². The zero-order valence-electron chi connectivity index (χ0n) is 17.0. The fraction of sp³-hybridized carbons (Fsp3) is 0.125. The second-order valence-electron chi connectivity index (χ2n) is 6.73. The maximum atomic E-state index is 14.3. The van der Waals surface area contributed by atoms with Gasteiger partial charge in [0.05, 0.1) is 36.2 Å². The van der Waals surface area contributed by atoms with Crippen molar-refractivity contribution in [2.75, 3.05) is 13.7 Å². The maximum Gasteiger partial charge on any atom is 0.340 e. The number of fused-ring (bicyclic) bond motifs is 1. The Hall–Kier alpha value is -4.00. The molecule has 0 amide bonds. The van der Waals surface area contributed by atoms with Gasteiger partial charge in [0, 0.05) is 11.1 Å². The number of nitrogens with zero attached hydrogens (tertiary/aromatic N) is 2. The van der Waals surface area contributed by atoms with E-state index in [4.69, 9.17) is 9.47 Å². The van der Waals surface area contributed by atoms with Crippen LogP contribution in [0.5, 0.6) is 5.75 Å². The van der Waals surface area contributed by atoms with Gasteiger partial charge < -0.3 is 9.47 Å². The van der Waals surface area contributed by atoms with Crippen LogP contribution >= 0.6 is 0 Å². The smallest absolute Gasteiger partial charge is 0.340 e. The van der Waals surface area contributed by atoms with Crippen LogP contribution in [0.4, 0.5) is 4.39 Å². The summed E-state index contributed by atoms with van der Waals surface area (Å²) in [5.74, 6) is -0.783. The molecule has 4 aromatic rings. The van der Waals surface area contributed by atoms with Gasteiger partial charge in [0.1, 0.15) is 17.9 Å². The summed E-state index contributed by atoms with van der Waals surface area (Å²) in [6.45, 7) is 1.88. The third-order valence-corrected chi connectivity index (χ3v) is 4.87. The normalized spacial score (nSPS) is 10.8. The van der Waals surface area contributed by atoms with Crippen molar-refractivity contribution in [1.29, 1.82) is 0 Å². The Bertz CT molecular complexity index is 1300. The van der Waals surface area contributed by atoms with Gasteiger partial charge in [-0.1, -0.05) is 24.3 Å². The van der Waals surface area contributed by atoms with E-state index >= 15 is 0 Å². The van der Waals surface area contributed by atoms with E-state index in [0.717, 1.165) is 0 Å². The molecule has 0 fully saturated rings. The lowest BCUT2D eigenvalue weighted by molar-refractivity contribution is 0.0529. The summed E-state index contributed by atoms with van der Waals surface area (Å²) in [5.41, 5.74) is 1.87. The Kier molecular flexibility index (Phi) is 5.49. The van der Waals surface area contributed by atoms with E-state index in [9.17, 15) is 14.0 Å². The highest BCUT2D eigenvalue weighted by molar-refractivity contribution is 6.11. The number of hydrogen-bond acceptors (Lipinski definition) is 5. The summed E-state index contributed by atoms with van der Waals surface area (Å²) < 4.78 is 26.2. The first-order valence-corrected chi connectivity index (χ1v) is 9.65. The van der Waals surface area contributed by atoms with Gasteiger partial charge in [0.25, 0.3) is 0 Å². The molecule has 0 saturated heterocycles. The molecule has 0 spiro atoms. The third kappa shape index (κ3) is 3.77. The molecule has 31 heavy (non-hydrogen) atoms. The van der Waals surface area contributed by atoms with Crippen molar-refractivity contribution in [1.82, 2.24) is 9.38 Å². The molecular weight excluding hydrogens is 399 g/mol. The predicted molar refractivity (Wildman–Crippen MR) is 113 cm³/mol. The minimum Gasteiger partial charge on any atom is -0.497 e. The van der Waals surface area contributed by atoms with Crippen molar-refractivity contribution in [2.24, 2.45) is 0 Å². The van der Waals surface area contributed by atoms with Crippen LogP contribution in [0, 0.1) is 5.82 Å². The van der Waals surface area contributed by atoms with Crippen molar-refractivity contribution in [3.05, 3.63) is 89.6 Å². The Morgan fingerprint density at radius 2 is 1.87 bits per heavy atom. The highest BCUT2D eigenvalue weighted by atomic mass is 19.1. The van der Waals surface area contributed by atoms with E-state index < -0.39 is 11.8 Å². The quantitative estimate of drug-likeness (QED) is 0.339. The van der Waals surface area contributed by atoms with E-state index in [1.807, 2.05) is 0 Å². The van der Waals surface area contributed by atoms with Crippen molar-refractivity contribution in [3.8, 4) is 17.0 Å². The molecule has 0 unspecified atom stereocenters. The first-order valence-electron chi connectivity index (χ1n) is 9.65. The number of benzene rings is 2. The molecule has 0 aliphatic rings. The highest BCUT2D eigenvalue weighted by Crippen LogP contribution is 2.27. The molecule has 0 bridgehead atoms. The van der Waals surface area contributed by atoms with Crippen LogP contribution in [-0.2, 0) is 4.74 Å². The van der Waals surface area contributed by atoms with Gasteiger partial charge in [-0.05, 0) is 43.3 Å². The van der Waals surface area contributed by atoms with Crippen molar-refractivity contribution < 1.29 is 23.5 Å². The number of carbonyl (C=O) groups excluding carboxylic acids is 2. The summed E-state index contributed by atoms with van der Waals surface area (Å²) >= 11 is 0. The third-order valence-electron chi connectivity index (χ3n) is 4.87.